The zero-order valence-electron chi connectivity index (χ0n) is 13.4. The lowest BCUT2D eigenvalue weighted by Crippen LogP contribution is -2.23. The van der Waals surface area contributed by atoms with Crippen LogP contribution < -0.4 is 0 Å². The summed E-state index contributed by atoms with van der Waals surface area (Å²) in [6, 6.07) is 13.3. The Morgan fingerprint density at radius 3 is 2.23 bits per heavy atom. The van der Waals surface area contributed by atoms with Crippen LogP contribution in [0.25, 0.3) is 11.1 Å². The van der Waals surface area contributed by atoms with Gasteiger partial charge in [0.2, 0.25) is 0 Å². The monoisotopic (exact) mass is 292 g/mol. The van der Waals surface area contributed by atoms with Gasteiger partial charge in [-0.05, 0) is 68.7 Å². The van der Waals surface area contributed by atoms with Gasteiger partial charge in [0.05, 0.1) is 5.56 Å². The van der Waals surface area contributed by atoms with Crippen molar-refractivity contribution in [3.8, 4) is 23.5 Å². The number of ether oxygens (including phenoxy) is 1. The molecular formula is C20H20O2. The summed E-state index contributed by atoms with van der Waals surface area (Å²) < 4.78 is 5.36. The molecular weight excluding hydrogens is 272 g/mol. The van der Waals surface area contributed by atoms with Crippen LogP contribution in [0.2, 0.25) is 0 Å². The van der Waals surface area contributed by atoms with E-state index in [9.17, 15) is 4.79 Å². The van der Waals surface area contributed by atoms with Crippen molar-refractivity contribution in [3.05, 3.63) is 59.2 Å². The molecule has 0 aliphatic rings. The SMILES string of the molecule is C#Cc1ccc(-c2ccc(C(=O)OC(C)(C)C)cc2)c(C)c1. The van der Waals surface area contributed by atoms with E-state index in [1.54, 1.807) is 12.1 Å². The van der Waals surface area contributed by atoms with Crippen molar-refractivity contribution >= 4 is 5.97 Å². The van der Waals surface area contributed by atoms with Gasteiger partial charge in [-0.3, -0.25) is 0 Å². The maximum Gasteiger partial charge on any atom is 0.338 e. The van der Waals surface area contributed by atoms with Crippen LogP contribution in [-0.2, 0) is 4.74 Å². The summed E-state index contributed by atoms with van der Waals surface area (Å²) in [6.45, 7) is 7.60. The molecule has 2 aromatic carbocycles. The first kappa shape index (κ1) is 15.9. The molecule has 0 saturated carbocycles. The minimum absolute atomic E-state index is 0.307. The molecule has 0 fully saturated rings. The Kier molecular flexibility index (Phi) is 4.37. The highest BCUT2D eigenvalue weighted by Gasteiger charge is 2.17. The van der Waals surface area contributed by atoms with Crippen molar-refractivity contribution in [2.75, 3.05) is 0 Å². The summed E-state index contributed by atoms with van der Waals surface area (Å²) in [4.78, 5) is 12.0. The molecule has 2 nitrogen and oxygen atoms in total. The summed E-state index contributed by atoms with van der Waals surface area (Å²) >= 11 is 0. The Morgan fingerprint density at radius 2 is 1.73 bits per heavy atom. The molecule has 0 atom stereocenters. The lowest BCUT2D eigenvalue weighted by molar-refractivity contribution is 0.00696. The first-order chi connectivity index (χ1) is 10.3. The third-order valence-electron chi connectivity index (χ3n) is 3.22. The molecule has 0 saturated heterocycles. The number of carbonyl (C=O) groups excluding carboxylic acids is 1. The minimum atomic E-state index is -0.489. The van der Waals surface area contributed by atoms with Crippen LogP contribution in [0.15, 0.2) is 42.5 Å². The molecule has 2 aromatic rings. The van der Waals surface area contributed by atoms with Gasteiger partial charge in [-0.15, -0.1) is 6.42 Å². The number of benzene rings is 2. The Bertz CT molecular complexity index is 726. The predicted octanol–water partition coefficient (Wildman–Crippen LogP) is 4.60. The molecule has 0 amide bonds. The topological polar surface area (TPSA) is 26.3 Å². The lowest BCUT2D eigenvalue weighted by atomic mass is 9.98. The van der Waals surface area contributed by atoms with Crippen LogP contribution in [-0.4, -0.2) is 11.6 Å². The Labute approximate surface area is 132 Å². The molecule has 0 unspecified atom stereocenters. The van der Waals surface area contributed by atoms with E-state index in [0.717, 1.165) is 22.3 Å². The smallest absolute Gasteiger partial charge is 0.338 e. The molecule has 0 bridgehead atoms. The van der Waals surface area contributed by atoms with E-state index >= 15 is 0 Å². The maximum atomic E-state index is 12.0. The number of esters is 1. The number of rotatable bonds is 2. The van der Waals surface area contributed by atoms with Gasteiger partial charge in [-0.25, -0.2) is 4.79 Å². The van der Waals surface area contributed by atoms with Crippen molar-refractivity contribution in [3.63, 3.8) is 0 Å². The van der Waals surface area contributed by atoms with E-state index in [-0.39, 0.29) is 5.97 Å². The van der Waals surface area contributed by atoms with Gasteiger partial charge in [-0.2, -0.15) is 0 Å². The van der Waals surface area contributed by atoms with Crippen LogP contribution in [0.3, 0.4) is 0 Å². The van der Waals surface area contributed by atoms with Gasteiger partial charge >= 0.3 is 5.97 Å². The van der Waals surface area contributed by atoms with Crippen LogP contribution in [0.5, 0.6) is 0 Å². The second-order valence-electron chi connectivity index (χ2n) is 6.25. The molecule has 0 spiro atoms. The van der Waals surface area contributed by atoms with Gasteiger partial charge in [0.25, 0.3) is 0 Å². The highest BCUT2D eigenvalue weighted by molar-refractivity contribution is 5.90. The number of aryl methyl sites for hydroxylation is 1. The van der Waals surface area contributed by atoms with Crippen LogP contribution >= 0.6 is 0 Å². The van der Waals surface area contributed by atoms with Gasteiger partial charge in [-0.1, -0.05) is 24.1 Å². The molecule has 0 aliphatic heterocycles. The summed E-state index contributed by atoms with van der Waals surface area (Å²) in [5.74, 6) is 2.32. The highest BCUT2D eigenvalue weighted by Crippen LogP contribution is 2.25. The normalized spacial score (nSPS) is 10.9. The maximum absolute atomic E-state index is 12.0. The molecule has 0 aromatic heterocycles. The van der Waals surface area contributed by atoms with Crippen molar-refractivity contribution in [1.82, 2.24) is 0 Å². The first-order valence-corrected chi connectivity index (χ1v) is 7.21. The van der Waals surface area contributed by atoms with Gasteiger partial charge < -0.3 is 4.74 Å². The summed E-state index contributed by atoms with van der Waals surface area (Å²) in [5, 5.41) is 0. The van der Waals surface area contributed by atoms with Crippen molar-refractivity contribution in [1.29, 1.82) is 0 Å². The van der Waals surface area contributed by atoms with Crippen LogP contribution in [0.4, 0.5) is 0 Å². The fraction of sp³-hybridized carbons (Fsp3) is 0.250. The first-order valence-electron chi connectivity index (χ1n) is 7.21. The second kappa shape index (κ2) is 6.07. The molecule has 112 valence electrons. The Balaban J connectivity index is 2.26. The summed E-state index contributed by atoms with van der Waals surface area (Å²) in [5.41, 5.74) is 4.20. The van der Waals surface area contributed by atoms with Gasteiger partial charge in [0.15, 0.2) is 0 Å². The Morgan fingerprint density at radius 1 is 1.09 bits per heavy atom. The molecule has 0 heterocycles. The average molecular weight is 292 g/mol. The summed E-state index contributed by atoms with van der Waals surface area (Å²) in [6.07, 6.45) is 5.41. The largest absolute Gasteiger partial charge is 0.456 e. The number of terminal acetylenes is 1. The molecule has 0 radical (unpaired) electrons. The average Bonchev–Trinajstić information content (AvgIpc) is 2.45. The van der Waals surface area contributed by atoms with Gasteiger partial charge in [0.1, 0.15) is 5.60 Å². The molecule has 0 aliphatic carbocycles. The van der Waals surface area contributed by atoms with Crippen molar-refractivity contribution in [2.24, 2.45) is 0 Å². The predicted molar refractivity (Wildman–Crippen MR) is 89.7 cm³/mol. The van der Waals surface area contributed by atoms with E-state index < -0.39 is 5.60 Å². The van der Waals surface area contributed by atoms with E-state index in [1.165, 1.54) is 0 Å². The van der Waals surface area contributed by atoms with E-state index in [1.807, 2.05) is 58.0 Å². The van der Waals surface area contributed by atoms with E-state index in [2.05, 4.69) is 5.92 Å². The van der Waals surface area contributed by atoms with Crippen molar-refractivity contribution in [2.45, 2.75) is 33.3 Å². The Hall–Kier alpha value is -2.53. The molecule has 22 heavy (non-hydrogen) atoms. The zero-order valence-corrected chi connectivity index (χ0v) is 13.4. The molecule has 2 rings (SSSR count). The van der Waals surface area contributed by atoms with E-state index in [4.69, 9.17) is 11.2 Å². The quantitative estimate of drug-likeness (QED) is 0.597. The number of carbonyl (C=O) groups is 1. The van der Waals surface area contributed by atoms with Crippen LogP contribution in [0.1, 0.15) is 42.3 Å². The number of hydrogen-bond donors (Lipinski definition) is 0. The second-order valence-corrected chi connectivity index (χ2v) is 6.25. The molecule has 2 heteroatoms. The minimum Gasteiger partial charge on any atom is -0.456 e. The molecule has 0 N–H and O–H groups in total. The third-order valence-corrected chi connectivity index (χ3v) is 3.22. The highest BCUT2D eigenvalue weighted by atomic mass is 16.6. The summed E-state index contributed by atoms with van der Waals surface area (Å²) in [7, 11) is 0. The number of hydrogen-bond acceptors (Lipinski definition) is 2. The lowest BCUT2D eigenvalue weighted by Gasteiger charge is -2.19. The van der Waals surface area contributed by atoms with Crippen molar-refractivity contribution < 1.29 is 9.53 Å². The fourth-order valence-electron chi connectivity index (χ4n) is 2.20. The van der Waals surface area contributed by atoms with Gasteiger partial charge in [0, 0.05) is 5.56 Å². The zero-order chi connectivity index (χ0) is 16.3. The van der Waals surface area contributed by atoms with Crippen LogP contribution in [0, 0.1) is 19.3 Å². The fourth-order valence-corrected chi connectivity index (χ4v) is 2.20. The standard InChI is InChI=1S/C20H20O2/c1-6-15-7-12-18(14(2)13-15)16-8-10-17(11-9-16)19(21)22-20(3,4)5/h1,7-13H,2-5H3. The van der Waals surface area contributed by atoms with E-state index in [0.29, 0.717) is 5.56 Å². The third kappa shape index (κ3) is 3.77.